The summed E-state index contributed by atoms with van der Waals surface area (Å²) < 4.78 is 5.03. The number of rotatable bonds is 4. The number of anilines is 1. The Bertz CT molecular complexity index is 851. The highest BCUT2D eigenvalue weighted by molar-refractivity contribution is 6.31. The second kappa shape index (κ2) is 8.50. The number of halogens is 2. The number of carbonyl (C=O) groups is 2. The van der Waals surface area contributed by atoms with Crippen molar-refractivity contribution in [2.45, 2.75) is 0 Å². The molecule has 142 valence electrons. The van der Waals surface area contributed by atoms with Crippen molar-refractivity contribution < 1.29 is 19.4 Å². The van der Waals surface area contributed by atoms with Crippen LogP contribution in [0.3, 0.4) is 0 Å². The summed E-state index contributed by atoms with van der Waals surface area (Å²) in [6, 6.07) is 11.6. The van der Waals surface area contributed by atoms with Gasteiger partial charge in [0.2, 0.25) is 0 Å². The van der Waals surface area contributed by atoms with Gasteiger partial charge in [-0.15, -0.1) is 0 Å². The van der Waals surface area contributed by atoms with Crippen LogP contribution in [0.25, 0.3) is 0 Å². The summed E-state index contributed by atoms with van der Waals surface area (Å²) in [4.78, 5) is 28.1. The Labute approximate surface area is 166 Å². The average molecular weight is 409 g/mol. The van der Waals surface area contributed by atoms with Crippen LogP contribution in [-0.2, 0) is 9.53 Å². The maximum absolute atomic E-state index is 12.3. The summed E-state index contributed by atoms with van der Waals surface area (Å²) in [5.74, 6) is -1.33. The predicted octanol–water partition coefficient (Wildman–Crippen LogP) is 3.20. The topological polar surface area (TPSA) is 70.1 Å². The van der Waals surface area contributed by atoms with Crippen LogP contribution in [0.1, 0.15) is 10.4 Å². The van der Waals surface area contributed by atoms with Crippen LogP contribution in [0, 0.1) is 0 Å². The molecule has 0 unspecified atom stereocenters. The lowest BCUT2D eigenvalue weighted by Crippen LogP contribution is -2.49. The van der Waals surface area contributed by atoms with Gasteiger partial charge in [-0.1, -0.05) is 29.3 Å². The van der Waals surface area contributed by atoms with Crippen LogP contribution < -0.4 is 4.90 Å². The van der Waals surface area contributed by atoms with Crippen LogP contribution in [0.2, 0.25) is 10.0 Å². The number of nitrogens with zero attached hydrogens (tertiary/aromatic N) is 2. The Morgan fingerprint density at radius 1 is 1.00 bits per heavy atom. The Morgan fingerprint density at radius 2 is 1.70 bits per heavy atom. The van der Waals surface area contributed by atoms with Crippen LogP contribution >= 0.6 is 23.2 Å². The van der Waals surface area contributed by atoms with E-state index in [0.717, 1.165) is 5.69 Å². The van der Waals surface area contributed by atoms with Crippen molar-refractivity contribution >= 4 is 40.8 Å². The highest BCUT2D eigenvalue weighted by atomic mass is 35.5. The molecule has 1 aliphatic heterocycles. The number of esters is 1. The Balaban J connectivity index is 1.50. The lowest BCUT2D eigenvalue weighted by atomic mass is 10.2. The van der Waals surface area contributed by atoms with E-state index in [2.05, 4.69) is 4.90 Å². The summed E-state index contributed by atoms with van der Waals surface area (Å²) in [6.07, 6.45) is 0. The fraction of sp³-hybridized carbons (Fsp3) is 0.263. The zero-order valence-corrected chi connectivity index (χ0v) is 15.9. The van der Waals surface area contributed by atoms with Gasteiger partial charge in [0, 0.05) is 41.9 Å². The first-order valence-electron chi connectivity index (χ1n) is 8.38. The summed E-state index contributed by atoms with van der Waals surface area (Å²) in [6.45, 7) is 2.00. The molecule has 6 nitrogen and oxygen atoms in total. The largest absolute Gasteiger partial charge is 0.507 e. The zero-order chi connectivity index (χ0) is 19.4. The van der Waals surface area contributed by atoms with Gasteiger partial charge >= 0.3 is 5.97 Å². The fourth-order valence-corrected chi connectivity index (χ4v) is 3.21. The van der Waals surface area contributed by atoms with E-state index in [1.54, 1.807) is 4.90 Å². The van der Waals surface area contributed by atoms with E-state index in [4.69, 9.17) is 27.9 Å². The maximum atomic E-state index is 12.3. The molecule has 0 radical (unpaired) electrons. The molecule has 1 amide bonds. The lowest BCUT2D eigenvalue weighted by Gasteiger charge is -2.36. The minimum atomic E-state index is -0.768. The van der Waals surface area contributed by atoms with Gasteiger partial charge in [-0.2, -0.15) is 0 Å². The highest BCUT2D eigenvalue weighted by Crippen LogP contribution is 2.23. The SMILES string of the molecule is O=C(OCC(=O)N1CCN(c2cccc(Cl)c2)CC1)c1ccc(Cl)cc1O. The van der Waals surface area contributed by atoms with Gasteiger partial charge in [0.05, 0.1) is 0 Å². The summed E-state index contributed by atoms with van der Waals surface area (Å²) >= 11 is 11.8. The summed E-state index contributed by atoms with van der Waals surface area (Å²) in [7, 11) is 0. The van der Waals surface area contributed by atoms with E-state index in [1.165, 1.54) is 18.2 Å². The van der Waals surface area contributed by atoms with Gasteiger partial charge in [-0.05, 0) is 36.4 Å². The van der Waals surface area contributed by atoms with Crippen molar-refractivity contribution in [1.82, 2.24) is 4.90 Å². The molecule has 1 saturated heterocycles. The minimum absolute atomic E-state index is 0.0297. The van der Waals surface area contributed by atoms with Crippen molar-refractivity contribution in [2.24, 2.45) is 0 Å². The molecule has 1 heterocycles. The highest BCUT2D eigenvalue weighted by Gasteiger charge is 2.23. The Hall–Kier alpha value is -2.44. The van der Waals surface area contributed by atoms with Gasteiger partial charge in [0.15, 0.2) is 6.61 Å². The molecule has 27 heavy (non-hydrogen) atoms. The monoisotopic (exact) mass is 408 g/mol. The molecular weight excluding hydrogens is 391 g/mol. The molecule has 0 atom stereocenters. The minimum Gasteiger partial charge on any atom is -0.507 e. The van der Waals surface area contributed by atoms with Crippen LogP contribution in [0.4, 0.5) is 5.69 Å². The number of aromatic hydroxyl groups is 1. The number of hydrogen-bond acceptors (Lipinski definition) is 5. The molecule has 2 aromatic rings. The molecule has 8 heteroatoms. The number of phenolic OH excluding ortho intramolecular Hbond substituents is 1. The van der Waals surface area contributed by atoms with E-state index >= 15 is 0 Å². The molecule has 1 N–H and O–H groups in total. The van der Waals surface area contributed by atoms with Crippen molar-refractivity contribution in [3.63, 3.8) is 0 Å². The first-order valence-corrected chi connectivity index (χ1v) is 9.13. The summed E-state index contributed by atoms with van der Waals surface area (Å²) in [5, 5.41) is 10.7. The van der Waals surface area contributed by atoms with E-state index < -0.39 is 5.97 Å². The van der Waals surface area contributed by atoms with Crippen LogP contribution in [0.15, 0.2) is 42.5 Å². The average Bonchev–Trinajstić information content (AvgIpc) is 2.66. The third-order valence-corrected chi connectivity index (χ3v) is 4.78. The first kappa shape index (κ1) is 19.3. The number of benzene rings is 2. The van der Waals surface area contributed by atoms with Gasteiger partial charge in [-0.25, -0.2) is 4.79 Å². The van der Waals surface area contributed by atoms with E-state index in [-0.39, 0.29) is 23.8 Å². The number of phenols is 1. The van der Waals surface area contributed by atoms with Crippen LogP contribution in [-0.4, -0.2) is 54.7 Å². The Morgan fingerprint density at radius 3 is 2.37 bits per heavy atom. The number of ether oxygens (including phenoxy) is 1. The standard InChI is InChI=1S/C19H18Cl2N2O4/c20-13-2-1-3-15(10-13)22-6-8-23(9-7-22)18(25)12-27-19(26)16-5-4-14(21)11-17(16)24/h1-5,10-11,24H,6-9,12H2. The van der Waals surface area contributed by atoms with Crippen molar-refractivity contribution in [3.05, 3.63) is 58.1 Å². The smallest absolute Gasteiger partial charge is 0.342 e. The molecule has 3 rings (SSSR count). The molecule has 0 aliphatic carbocycles. The van der Waals surface area contributed by atoms with Gasteiger partial charge in [0.1, 0.15) is 11.3 Å². The maximum Gasteiger partial charge on any atom is 0.342 e. The molecule has 2 aromatic carbocycles. The van der Waals surface area contributed by atoms with Crippen molar-refractivity contribution in [2.75, 3.05) is 37.7 Å². The van der Waals surface area contributed by atoms with Crippen molar-refractivity contribution in [1.29, 1.82) is 0 Å². The first-order chi connectivity index (χ1) is 12.9. The molecule has 1 fully saturated rings. The molecule has 1 aliphatic rings. The van der Waals surface area contributed by atoms with E-state index in [9.17, 15) is 14.7 Å². The zero-order valence-electron chi connectivity index (χ0n) is 14.4. The van der Waals surface area contributed by atoms with Gasteiger partial charge < -0.3 is 19.6 Å². The predicted molar refractivity (Wildman–Crippen MR) is 104 cm³/mol. The van der Waals surface area contributed by atoms with Crippen LogP contribution in [0.5, 0.6) is 5.75 Å². The number of piperazine rings is 1. The van der Waals surface area contributed by atoms with Crippen molar-refractivity contribution in [3.8, 4) is 5.75 Å². The molecule has 0 aromatic heterocycles. The molecule has 0 saturated carbocycles. The second-order valence-corrected chi connectivity index (χ2v) is 6.96. The van der Waals surface area contributed by atoms with Gasteiger partial charge in [0.25, 0.3) is 5.91 Å². The third kappa shape index (κ3) is 4.84. The molecular formula is C19H18Cl2N2O4. The quantitative estimate of drug-likeness (QED) is 0.786. The molecule has 0 bridgehead atoms. The Kier molecular flexibility index (Phi) is 6.08. The number of amides is 1. The second-order valence-electron chi connectivity index (χ2n) is 6.09. The van der Waals surface area contributed by atoms with E-state index in [0.29, 0.717) is 36.2 Å². The number of carbonyl (C=O) groups excluding carboxylic acids is 2. The molecule has 0 spiro atoms. The number of hydrogen-bond donors (Lipinski definition) is 1. The van der Waals surface area contributed by atoms with Gasteiger partial charge in [-0.3, -0.25) is 4.79 Å². The fourth-order valence-electron chi connectivity index (χ4n) is 2.86. The third-order valence-electron chi connectivity index (χ3n) is 4.31. The van der Waals surface area contributed by atoms with E-state index in [1.807, 2.05) is 24.3 Å². The summed E-state index contributed by atoms with van der Waals surface area (Å²) in [5.41, 5.74) is 0.984. The normalized spacial score (nSPS) is 14.1. The lowest BCUT2D eigenvalue weighted by molar-refractivity contribution is -0.134.